The van der Waals surface area contributed by atoms with Crippen molar-refractivity contribution in [3.05, 3.63) is 39.8 Å². The predicted octanol–water partition coefficient (Wildman–Crippen LogP) is 8.74. The van der Waals surface area contributed by atoms with Gasteiger partial charge in [-0.2, -0.15) is 0 Å². The van der Waals surface area contributed by atoms with E-state index in [1.807, 2.05) is 70.6 Å². The summed E-state index contributed by atoms with van der Waals surface area (Å²) in [6.07, 6.45) is 5.16. The minimum absolute atomic E-state index is 0.00451. The lowest BCUT2D eigenvalue weighted by molar-refractivity contribution is -0.149. The summed E-state index contributed by atoms with van der Waals surface area (Å²) in [5.41, 5.74) is -0.139. The highest BCUT2D eigenvalue weighted by Gasteiger charge is 2.40. The largest absolute Gasteiger partial charge is 0.524 e. The number of phosphoric ester groups is 1. The lowest BCUT2D eigenvalue weighted by Crippen LogP contribution is -2.59. The highest BCUT2D eigenvalue weighted by Crippen LogP contribution is 2.42. The van der Waals surface area contributed by atoms with Gasteiger partial charge in [0.2, 0.25) is 23.6 Å². The molecule has 3 rings (SSSR count). The normalized spacial score (nSPS) is 17.3. The number of esters is 1. The van der Waals surface area contributed by atoms with Crippen LogP contribution in [0, 0.1) is 17.8 Å². The second-order valence-corrected chi connectivity index (χ2v) is 28.0. The SMILES string of the molecule is CCCC(CC)(NC(=O)C(C)(C)SSCCCC(=O)Nc1cc(C[C@@H](CC(C)C(=O)O)NC(=O)c2csc([C@@H](C[C@H](C(C)C)N(C)C(=O)[C@@H](NC(=O)C3CCCCN3C)[C@@H](C)CC)OC(C)=O)n2)ccc1OP(=O)(O)O)N(C)I. The first kappa shape index (κ1) is 69.7. The van der Waals surface area contributed by atoms with E-state index >= 15 is 0 Å². The summed E-state index contributed by atoms with van der Waals surface area (Å²) < 4.78 is 24.0. The van der Waals surface area contributed by atoms with Crippen molar-refractivity contribution >= 4 is 111 Å². The zero-order valence-electron chi connectivity index (χ0n) is 48.1. The van der Waals surface area contributed by atoms with Crippen molar-refractivity contribution in [2.45, 2.75) is 187 Å². The van der Waals surface area contributed by atoms with Gasteiger partial charge >= 0.3 is 19.8 Å². The number of hydrogen-bond acceptors (Lipinski definition) is 16. The Hall–Kier alpha value is -3.56. The van der Waals surface area contributed by atoms with Crippen LogP contribution in [0.1, 0.15) is 167 Å². The Bertz CT molecular complexity index is 2430. The van der Waals surface area contributed by atoms with Gasteiger partial charge in [0.05, 0.1) is 22.4 Å². The number of hydrogen-bond donors (Lipinski definition) is 7. The van der Waals surface area contributed by atoms with Crippen LogP contribution in [0.25, 0.3) is 0 Å². The number of nitrogens with one attached hydrogen (secondary N) is 4. The fourth-order valence-electron chi connectivity index (χ4n) is 9.32. The molecule has 1 aromatic carbocycles. The molecule has 8 atom stereocenters. The number of rotatable bonds is 33. The Morgan fingerprint density at radius 3 is 2.28 bits per heavy atom. The van der Waals surface area contributed by atoms with Gasteiger partial charge in [-0.05, 0) is 109 Å². The zero-order valence-corrected chi connectivity index (χ0v) is 53.6. The molecule has 0 saturated carbocycles. The van der Waals surface area contributed by atoms with E-state index in [9.17, 15) is 53.0 Å². The van der Waals surface area contributed by atoms with Crippen molar-refractivity contribution in [1.82, 2.24) is 33.8 Å². The number of aromatic nitrogens is 1. The van der Waals surface area contributed by atoms with Crippen LogP contribution in [-0.2, 0) is 44.5 Å². The van der Waals surface area contributed by atoms with E-state index in [-0.39, 0.29) is 83.4 Å². The molecule has 0 bridgehead atoms. The second kappa shape index (κ2) is 32.3. The molecule has 0 aliphatic carbocycles. The van der Waals surface area contributed by atoms with E-state index in [1.54, 1.807) is 11.9 Å². The van der Waals surface area contributed by atoms with E-state index in [1.165, 1.54) is 59.0 Å². The van der Waals surface area contributed by atoms with E-state index in [4.69, 9.17) is 9.26 Å². The minimum atomic E-state index is -5.10. The number of likely N-dealkylation sites (N-methyl/N-ethyl adjacent to an activating group) is 2. The molecule has 1 aliphatic heterocycles. The predicted molar refractivity (Wildman–Crippen MR) is 320 cm³/mol. The Morgan fingerprint density at radius 2 is 1.71 bits per heavy atom. The van der Waals surface area contributed by atoms with Gasteiger partial charge in [-0.3, -0.25) is 48.2 Å². The Balaban J connectivity index is 1.81. The fourth-order valence-corrected chi connectivity index (χ4v) is 13.8. The van der Waals surface area contributed by atoms with E-state index in [0.29, 0.717) is 30.6 Å². The quantitative estimate of drug-likeness (QED) is 0.00668. The number of carboxylic acid groups (broad SMARTS) is 1. The summed E-state index contributed by atoms with van der Waals surface area (Å²) in [6.45, 7) is 19.1. The number of carbonyl (C=O) groups is 7. The standard InChI is InChI=1S/C53H86IN8O13PS3/c1-14-24-53(16-3,62(13)54)59-51(70)52(9,10)79-78-26-19-21-44(64)56-38-29-36(22-23-42(38)75-76(71,72)73)28-37(27-34(7)50(68)69)55-46(65)39-31-77-48(57-39)43(74-35(8)63)30-41(32(4)5)61(12)49(67)45(33(6)15-2)58-47(66)40-20-17-18-25-60(40)11/h22-23,29,31-34,37,40-41,43,45H,14-21,24-28,30H2,1-13H3,(H,55,65)(H,56,64)(H,58,66)(H,59,70)(H,68,69)(H2,71,72,73)/t33-,34?,37+,40?,41+,43+,45-,53?/m0/s1. The smallest absolute Gasteiger partial charge is 0.481 e. The molecule has 21 nitrogen and oxygen atoms in total. The Kier molecular flexibility index (Phi) is 28.5. The number of carbonyl (C=O) groups excluding carboxylic acids is 6. The van der Waals surface area contributed by atoms with Crippen molar-refractivity contribution in [3.8, 4) is 5.75 Å². The van der Waals surface area contributed by atoms with Crippen LogP contribution in [0.3, 0.4) is 0 Å². The molecule has 1 saturated heterocycles. The average molecular weight is 1300 g/mol. The zero-order chi connectivity index (χ0) is 59.6. The number of thiazole rings is 1. The molecule has 1 aromatic heterocycles. The van der Waals surface area contributed by atoms with Crippen LogP contribution in [0.5, 0.6) is 5.75 Å². The lowest BCUT2D eigenvalue weighted by Gasteiger charge is -2.40. The van der Waals surface area contributed by atoms with Crippen LogP contribution in [0.2, 0.25) is 0 Å². The molecule has 1 fully saturated rings. The summed E-state index contributed by atoms with van der Waals surface area (Å²) in [6, 6.07) is 1.69. The number of ether oxygens (including phenoxy) is 1. The third kappa shape index (κ3) is 21.9. The van der Waals surface area contributed by atoms with Crippen LogP contribution in [0.15, 0.2) is 23.6 Å². The number of piperidine rings is 1. The van der Waals surface area contributed by atoms with Crippen LogP contribution >= 0.6 is 63.6 Å². The number of phosphoric acid groups is 1. The number of carboxylic acids is 1. The molecule has 7 N–H and O–H groups in total. The Labute approximate surface area is 492 Å². The summed E-state index contributed by atoms with van der Waals surface area (Å²) in [4.78, 5) is 121. The molecule has 0 radical (unpaired) electrons. The first-order chi connectivity index (χ1) is 36.9. The molecule has 3 unspecified atom stereocenters. The third-order valence-electron chi connectivity index (χ3n) is 14.3. The first-order valence-corrected chi connectivity index (χ1v) is 32.7. The third-order valence-corrected chi connectivity index (χ3v) is 19.9. The molecule has 79 heavy (non-hydrogen) atoms. The molecule has 2 heterocycles. The van der Waals surface area contributed by atoms with Crippen LogP contribution in [0.4, 0.5) is 5.69 Å². The number of nitrogens with zero attached hydrogens (tertiary/aromatic N) is 4. The maximum atomic E-state index is 14.4. The summed E-state index contributed by atoms with van der Waals surface area (Å²) in [5, 5.41) is 23.6. The topological polar surface area (TPSA) is 286 Å². The van der Waals surface area contributed by atoms with Gasteiger partial charge in [-0.1, -0.05) is 95.4 Å². The van der Waals surface area contributed by atoms with Gasteiger partial charge in [0.15, 0.2) is 11.9 Å². The highest BCUT2D eigenvalue weighted by atomic mass is 127. The molecule has 26 heteroatoms. The number of aliphatic carboxylic acids is 1. The molecular formula is C53H86IN8O13PS3. The Morgan fingerprint density at radius 1 is 1.03 bits per heavy atom. The lowest BCUT2D eigenvalue weighted by atomic mass is 9.92. The molecule has 1 aliphatic rings. The second-order valence-electron chi connectivity index (χ2n) is 21.4. The van der Waals surface area contributed by atoms with Crippen molar-refractivity contribution in [2.24, 2.45) is 17.8 Å². The van der Waals surface area contributed by atoms with Gasteiger partial charge in [0.25, 0.3) is 5.91 Å². The van der Waals surface area contributed by atoms with Gasteiger partial charge in [-0.15, -0.1) is 11.3 Å². The molecule has 446 valence electrons. The molecular weight excluding hydrogens is 1210 g/mol. The maximum Gasteiger partial charge on any atom is 0.524 e. The summed E-state index contributed by atoms with van der Waals surface area (Å²) in [5.74, 6) is -4.54. The maximum absolute atomic E-state index is 14.4. The monoisotopic (exact) mass is 1300 g/mol. The van der Waals surface area contributed by atoms with Gasteiger partial charge < -0.3 is 40.5 Å². The number of benzene rings is 1. The molecule has 2 aromatic rings. The van der Waals surface area contributed by atoms with Crippen molar-refractivity contribution in [3.63, 3.8) is 0 Å². The van der Waals surface area contributed by atoms with E-state index in [2.05, 4.69) is 56.0 Å². The van der Waals surface area contributed by atoms with Crippen molar-refractivity contribution in [2.75, 3.05) is 38.8 Å². The van der Waals surface area contributed by atoms with E-state index in [0.717, 1.165) is 50.0 Å². The first-order valence-electron chi connectivity index (χ1n) is 27.0. The molecule has 0 spiro atoms. The minimum Gasteiger partial charge on any atom is -0.481 e. The highest BCUT2D eigenvalue weighted by molar-refractivity contribution is 14.1. The number of anilines is 1. The average Bonchev–Trinajstić information content (AvgIpc) is 3.87. The van der Waals surface area contributed by atoms with Crippen molar-refractivity contribution < 1.29 is 62.3 Å². The van der Waals surface area contributed by atoms with Crippen molar-refractivity contribution in [1.29, 1.82) is 0 Å². The van der Waals surface area contributed by atoms with Crippen LogP contribution < -0.4 is 25.8 Å². The van der Waals surface area contributed by atoms with Gasteiger partial charge in [0, 0.05) is 72.9 Å². The van der Waals surface area contributed by atoms with Crippen LogP contribution in [-0.4, -0.2) is 142 Å². The molecule has 5 amide bonds. The number of halogens is 1. The fraction of sp³-hybridized carbons (Fsp3) is 0.698. The number of likely N-dealkylation sites (tertiary alicyclic amines) is 1. The summed E-state index contributed by atoms with van der Waals surface area (Å²) >= 11 is 3.27. The summed E-state index contributed by atoms with van der Waals surface area (Å²) in [7, 11) is 3.26. The van der Waals surface area contributed by atoms with Gasteiger partial charge in [0.1, 0.15) is 22.4 Å². The van der Waals surface area contributed by atoms with Gasteiger partial charge in [-0.25, -0.2) is 12.7 Å². The van der Waals surface area contributed by atoms with E-state index < -0.39 is 72.1 Å². The number of amides is 5.